The zero-order chi connectivity index (χ0) is 29.3. The number of nitrogens with zero attached hydrogens (tertiary/aromatic N) is 4. The van der Waals surface area contributed by atoms with Gasteiger partial charge in [-0.15, -0.1) is 11.3 Å². The molecule has 1 aliphatic heterocycles. The predicted octanol–water partition coefficient (Wildman–Crippen LogP) is 3.88. The van der Waals surface area contributed by atoms with Crippen molar-refractivity contribution in [3.63, 3.8) is 0 Å². The molecule has 222 valence electrons. The van der Waals surface area contributed by atoms with E-state index in [0.717, 1.165) is 15.7 Å². The fourth-order valence-corrected chi connectivity index (χ4v) is 6.39. The average molecular weight is 612 g/mol. The van der Waals surface area contributed by atoms with Crippen LogP contribution < -0.4 is 17.0 Å². The lowest BCUT2D eigenvalue weighted by Gasteiger charge is -2.30. The summed E-state index contributed by atoms with van der Waals surface area (Å²) < 4.78 is 20.1. The van der Waals surface area contributed by atoms with Crippen LogP contribution in [0.2, 0.25) is 0 Å². The molecule has 1 aliphatic rings. The van der Waals surface area contributed by atoms with Crippen molar-refractivity contribution in [3.8, 4) is 10.8 Å². The molecule has 0 unspecified atom stereocenters. The first-order valence-corrected chi connectivity index (χ1v) is 14.1. The van der Waals surface area contributed by atoms with Crippen LogP contribution in [0.15, 0.2) is 50.7 Å². The minimum Gasteiger partial charge on any atom is -0.444 e. The Kier molecular flexibility index (Phi) is 9.42. The maximum Gasteiger partial charge on any atom is 0.333 e. The quantitative estimate of drug-likeness (QED) is 0.284. The molecule has 4 aromatic rings. The number of benzene rings is 1. The first-order chi connectivity index (χ1) is 19.6. The van der Waals surface area contributed by atoms with Crippen LogP contribution in [0.5, 0.6) is 0 Å². The van der Waals surface area contributed by atoms with E-state index in [-0.39, 0.29) is 38.1 Å². The van der Waals surface area contributed by atoms with Gasteiger partial charge in [-0.1, -0.05) is 24.3 Å². The van der Waals surface area contributed by atoms with E-state index in [1.807, 2.05) is 24.3 Å². The molecule has 0 saturated carbocycles. The molecule has 0 spiro atoms. The van der Waals surface area contributed by atoms with Crippen molar-refractivity contribution in [2.75, 3.05) is 13.2 Å². The minimum absolute atomic E-state index is 0. The Bertz CT molecular complexity index is 1740. The minimum atomic E-state index is -1.61. The van der Waals surface area contributed by atoms with E-state index in [4.69, 9.17) is 26.2 Å². The third kappa shape index (κ3) is 5.67. The fourth-order valence-electron chi connectivity index (χ4n) is 5.15. The number of thiophene rings is 1. The van der Waals surface area contributed by atoms with E-state index >= 15 is 0 Å². The Morgan fingerprint density at radius 1 is 1.29 bits per heavy atom. The number of fused-ring (bicyclic) bond motifs is 1. The average Bonchev–Trinajstić information content (AvgIpc) is 3.59. The van der Waals surface area contributed by atoms with Crippen molar-refractivity contribution in [2.24, 2.45) is 5.73 Å². The lowest BCUT2D eigenvalue weighted by Crippen LogP contribution is -2.54. The monoisotopic (exact) mass is 611 g/mol. The van der Waals surface area contributed by atoms with Gasteiger partial charge in [0.15, 0.2) is 0 Å². The van der Waals surface area contributed by atoms with Crippen LogP contribution in [-0.2, 0) is 32.9 Å². The molecule has 1 amide bonds. The normalized spacial score (nSPS) is 14.8. The van der Waals surface area contributed by atoms with Gasteiger partial charge in [0, 0.05) is 18.8 Å². The number of rotatable bonds is 9. The predicted molar refractivity (Wildman–Crippen MR) is 164 cm³/mol. The van der Waals surface area contributed by atoms with Gasteiger partial charge in [-0.05, 0) is 44.7 Å². The van der Waals surface area contributed by atoms with Gasteiger partial charge in [0.05, 0.1) is 29.1 Å². The molecule has 1 aromatic carbocycles. The van der Waals surface area contributed by atoms with Crippen LogP contribution >= 0.6 is 24.8 Å². The first kappa shape index (κ1) is 31.2. The van der Waals surface area contributed by atoms with Gasteiger partial charge in [-0.25, -0.2) is 20.9 Å². The lowest BCUT2D eigenvalue weighted by atomic mass is 10.0. The van der Waals surface area contributed by atoms with Crippen molar-refractivity contribution in [3.05, 3.63) is 85.7 Å². The van der Waals surface area contributed by atoms with E-state index in [2.05, 4.69) is 9.83 Å². The number of amides is 1. The standard InChI is InChI=1S/C29H31N5O6S.H2S/c1-17-22-25(35)34(29(2,3)27(30)36)28(37)33(26(22)41-23(17)24-32-11-14-39-24)16-21(40-19-9-12-38-13-10-19)20-8-6-5-7-18(20)15-31-4;/h5-8,11,14,19,21H,9-10,12-13,15-16H2,1-3H3,(H2,30,36);1H2/t21-;/m1./s1. The second kappa shape index (κ2) is 12.7. The van der Waals surface area contributed by atoms with Crippen LogP contribution in [-0.4, -0.2) is 39.3 Å². The Morgan fingerprint density at radius 3 is 2.64 bits per heavy atom. The fraction of sp³-hybridized carbons (Fsp3) is 0.414. The molecule has 2 N–H and O–H groups in total. The van der Waals surface area contributed by atoms with Crippen molar-refractivity contribution < 1.29 is 18.7 Å². The number of hydrogen-bond donors (Lipinski definition) is 1. The maximum atomic E-state index is 14.2. The zero-order valence-corrected chi connectivity index (χ0v) is 25.4. The van der Waals surface area contributed by atoms with E-state index in [1.165, 1.54) is 42.2 Å². The molecule has 3 aromatic heterocycles. The summed E-state index contributed by atoms with van der Waals surface area (Å²) in [5, 5.41) is 0.274. The molecule has 13 heteroatoms. The summed E-state index contributed by atoms with van der Waals surface area (Å²) in [4.78, 5) is 49.4. The molecule has 4 heterocycles. The van der Waals surface area contributed by atoms with Gasteiger partial charge >= 0.3 is 5.69 Å². The van der Waals surface area contributed by atoms with Crippen LogP contribution in [0.1, 0.15) is 49.5 Å². The number of carbonyl (C=O) groups excluding carboxylic acids is 1. The Hall–Kier alpha value is -3.70. The Labute approximate surface area is 253 Å². The van der Waals surface area contributed by atoms with E-state index in [1.54, 1.807) is 6.92 Å². The van der Waals surface area contributed by atoms with Crippen LogP contribution in [0, 0.1) is 13.5 Å². The first-order valence-electron chi connectivity index (χ1n) is 13.3. The van der Waals surface area contributed by atoms with E-state index in [0.29, 0.717) is 47.2 Å². The van der Waals surface area contributed by atoms with Crippen LogP contribution in [0.3, 0.4) is 0 Å². The highest BCUT2D eigenvalue weighted by molar-refractivity contribution is 7.59. The van der Waals surface area contributed by atoms with Crippen molar-refractivity contribution in [2.45, 2.75) is 64.4 Å². The topological polar surface area (TPSA) is 136 Å². The highest BCUT2D eigenvalue weighted by Gasteiger charge is 2.35. The van der Waals surface area contributed by atoms with Gasteiger partial charge in [0.25, 0.3) is 5.56 Å². The van der Waals surface area contributed by atoms with Crippen molar-refractivity contribution in [1.82, 2.24) is 14.1 Å². The highest BCUT2D eigenvalue weighted by atomic mass is 32.1. The molecule has 0 aliphatic carbocycles. The van der Waals surface area contributed by atoms with Crippen LogP contribution in [0.25, 0.3) is 25.8 Å². The molecule has 5 rings (SSSR count). The largest absolute Gasteiger partial charge is 0.444 e. The van der Waals surface area contributed by atoms with Crippen LogP contribution in [0.4, 0.5) is 0 Å². The molecular weight excluding hydrogens is 578 g/mol. The molecular formula is C29H33N5O6S2. The number of nitrogens with two attached hydrogens (primary N) is 1. The summed E-state index contributed by atoms with van der Waals surface area (Å²) in [5.74, 6) is -0.499. The number of ether oxygens (including phenoxy) is 2. The van der Waals surface area contributed by atoms with Gasteiger partial charge < -0.3 is 24.5 Å². The molecule has 1 saturated heterocycles. The number of aryl methyl sites for hydroxylation is 1. The summed E-state index contributed by atoms with van der Waals surface area (Å²) in [6, 6.07) is 7.50. The second-order valence-corrected chi connectivity index (χ2v) is 11.5. The molecule has 0 radical (unpaired) electrons. The lowest BCUT2D eigenvalue weighted by molar-refractivity contribution is -0.125. The summed E-state index contributed by atoms with van der Waals surface area (Å²) in [6.45, 7) is 13.4. The zero-order valence-electron chi connectivity index (χ0n) is 23.6. The van der Waals surface area contributed by atoms with Gasteiger partial charge in [0.2, 0.25) is 18.3 Å². The number of aromatic nitrogens is 3. The number of carbonyl (C=O) groups is 1. The smallest absolute Gasteiger partial charge is 0.333 e. The van der Waals surface area contributed by atoms with E-state index < -0.39 is 28.8 Å². The Morgan fingerprint density at radius 2 is 2.00 bits per heavy atom. The highest BCUT2D eigenvalue weighted by Crippen LogP contribution is 2.37. The molecule has 0 bridgehead atoms. The molecule has 1 atom stereocenters. The van der Waals surface area contributed by atoms with Gasteiger partial charge in [0.1, 0.15) is 22.7 Å². The molecule has 11 nitrogen and oxygen atoms in total. The summed E-state index contributed by atoms with van der Waals surface area (Å²) >= 11 is 1.22. The SMILES string of the molecule is S.[C-]#[N+]Cc1ccccc1[C@@H](Cn1c(=O)n(C(C)(C)C(N)=O)c(=O)c2c(C)c(-c3ncco3)sc21)OC1CCOCC1. The van der Waals surface area contributed by atoms with Gasteiger partial charge in [-0.3, -0.25) is 14.2 Å². The second-order valence-electron chi connectivity index (χ2n) is 10.5. The maximum absolute atomic E-state index is 14.2. The Balaban J connectivity index is 0.00000405. The third-order valence-electron chi connectivity index (χ3n) is 7.53. The summed E-state index contributed by atoms with van der Waals surface area (Å²) in [7, 11) is 0. The number of oxazole rings is 1. The molecule has 1 fully saturated rings. The third-order valence-corrected chi connectivity index (χ3v) is 8.83. The molecule has 42 heavy (non-hydrogen) atoms. The summed E-state index contributed by atoms with van der Waals surface area (Å²) in [5.41, 5.74) is 4.92. The van der Waals surface area contributed by atoms with Crippen molar-refractivity contribution >= 4 is 41.0 Å². The summed E-state index contributed by atoms with van der Waals surface area (Å²) in [6.07, 6.45) is 3.56. The van der Waals surface area contributed by atoms with Crippen molar-refractivity contribution in [1.29, 1.82) is 0 Å². The van der Waals surface area contributed by atoms with E-state index in [9.17, 15) is 14.4 Å². The number of primary amides is 1. The number of hydrogen-bond acceptors (Lipinski definition) is 8. The van der Waals surface area contributed by atoms with Gasteiger partial charge in [-0.2, -0.15) is 13.5 Å².